The van der Waals surface area contributed by atoms with Crippen molar-refractivity contribution >= 4 is 6.08 Å². The number of aromatic nitrogens is 2. The maximum Gasteiger partial charge on any atom is 0.159 e. The molecule has 2 heterocycles. The molecule has 0 bridgehead atoms. The highest BCUT2D eigenvalue weighted by atomic mass is 19.1. The Morgan fingerprint density at radius 2 is 1.93 bits per heavy atom. The Bertz CT molecular complexity index is 328. The molecule has 1 aliphatic rings. The molecule has 2 rings (SSSR count). The van der Waals surface area contributed by atoms with Crippen LogP contribution in [0.25, 0.3) is 6.08 Å². The molecule has 1 N–H and O–H groups in total. The van der Waals surface area contributed by atoms with Gasteiger partial charge in [-0.25, -0.2) is 14.4 Å². The molecule has 0 spiro atoms. The van der Waals surface area contributed by atoms with Gasteiger partial charge in [-0.05, 0) is 37.9 Å². The smallest absolute Gasteiger partial charge is 0.159 e. The van der Waals surface area contributed by atoms with Crippen molar-refractivity contribution in [2.75, 3.05) is 13.1 Å². The summed E-state index contributed by atoms with van der Waals surface area (Å²) in [7, 11) is 0. The van der Waals surface area contributed by atoms with Crippen molar-refractivity contribution in [2.24, 2.45) is 5.92 Å². The van der Waals surface area contributed by atoms with Gasteiger partial charge >= 0.3 is 0 Å². The zero-order chi connectivity index (χ0) is 10.5. The van der Waals surface area contributed by atoms with Crippen LogP contribution in [0.5, 0.6) is 0 Å². The minimum Gasteiger partial charge on any atom is -0.317 e. The van der Waals surface area contributed by atoms with E-state index in [1.807, 2.05) is 6.08 Å². The third-order valence-corrected chi connectivity index (χ3v) is 2.54. The lowest BCUT2D eigenvalue weighted by Gasteiger charge is -2.18. The zero-order valence-corrected chi connectivity index (χ0v) is 8.49. The molecule has 4 heteroatoms. The van der Waals surface area contributed by atoms with E-state index in [1.165, 1.54) is 12.4 Å². The molecule has 0 radical (unpaired) electrons. The summed E-state index contributed by atoms with van der Waals surface area (Å²) in [5.74, 6) is 0.781. The van der Waals surface area contributed by atoms with E-state index in [4.69, 9.17) is 0 Å². The zero-order valence-electron chi connectivity index (χ0n) is 8.49. The summed E-state index contributed by atoms with van der Waals surface area (Å²) in [5.41, 5.74) is 0. The molecule has 0 amide bonds. The van der Waals surface area contributed by atoms with Gasteiger partial charge in [0, 0.05) is 0 Å². The summed E-state index contributed by atoms with van der Waals surface area (Å²) < 4.78 is 12.5. The van der Waals surface area contributed by atoms with Gasteiger partial charge in [0.25, 0.3) is 0 Å². The maximum atomic E-state index is 12.5. The molecular weight excluding hydrogens is 193 g/mol. The fourth-order valence-corrected chi connectivity index (χ4v) is 1.67. The number of rotatable bonds is 2. The molecule has 1 aliphatic heterocycles. The summed E-state index contributed by atoms with van der Waals surface area (Å²) in [4.78, 5) is 7.75. The number of nitrogens with one attached hydrogen (secondary N) is 1. The minimum absolute atomic E-state index is 0.394. The molecule has 1 aromatic heterocycles. The van der Waals surface area contributed by atoms with E-state index < -0.39 is 5.82 Å². The van der Waals surface area contributed by atoms with E-state index in [2.05, 4.69) is 21.4 Å². The van der Waals surface area contributed by atoms with E-state index in [0.29, 0.717) is 11.7 Å². The molecule has 3 nitrogen and oxygen atoms in total. The van der Waals surface area contributed by atoms with Crippen LogP contribution in [0, 0.1) is 11.7 Å². The van der Waals surface area contributed by atoms with Crippen LogP contribution in [0.2, 0.25) is 0 Å². The summed E-state index contributed by atoms with van der Waals surface area (Å²) in [5, 5.41) is 3.31. The van der Waals surface area contributed by atoms with Gasteiger partial charge in [0.2, 0.25) is 0 Å². The van der Waals surface area contributed by atoms with Crippen LogP contribution in [0.15, 0.2) is 18.5 Å². The van der Waals surface area contributed by atoms with E-state index in [0.717, 1.165) is 25.9 Å². The van der Waals surface area contributed by atoms with Crippen LogP contribution in [-0.4, -0.2) is 23.1 Å². The first-order valence-corrected chi connectivity index (χ1v) is 5.21. The third kappa shape index (κ3) is 3.09. The predicted octanol–water partition coefficient (Wildman–Crippen LogP) is 1.63. The van der Waals surface area contributed by atoms with Crippen LogP contribution < -0.4 is 5.32 Å². The number of piperidine rings is 1. The van der Waals surface area contributed by atoms with Crippen LogP contribution >= 0.6 is 0 Å². The van der Waals surface area contributed by atoms with Gasteiger partial charge in [-0.15, -0.1) is 0 Å². The summed E-state index contributed by atoms with van der Waals surface area (Å²) in [6.45, 7) is 2.14. The Balaban J connectivity index is 1.95. The largest absolute Gasteiger partial charge is 0.317 e. The highest BCUT2D eigenvalue weighted by Gasteiger charge is 2.08. The Kier molecular flexibility index (Phi) is 3.40. The van der Waals surface area contributed by atoms with Crippen molar-refractivity contribution in [1.29, 1.82) is 0 Å². The van der Waals surface area contributed by atoms with Gasteiger partial charge in [-0.3, -0.25) is 0 Å². The number of hydrogen-bond donors (Lipinski definition) is 1. The van der Waals surface area contributed by atoms with Crippen LogP contribution in [0.1, 0.15) is 18.7 Å². The number of hydrogen-bond acceptors (Lipinski definition) is 3. The lowest BCUT2D eigenvalue weighted by atomic mass is 9.98. The average Bonchev–Trinajstić information content (AvgIpc) is 2.30. The summed E-state index contributed by atoms with van der Waals surface area (Å²) in [6.07, 6.45) is 8.67. The average molecular weight is 207 g/mol. The molecule has 0 saturated carbocycles. The quantitative estimate of drug-likeness (QED) is 0.801. The molecule has 15 heavy (non-hydrogen) atoms. The second-order valence-corrected chi connectivity index (χ2v) is 3.71. The lowest BCUT2D eigenvalue weighted by molar-refractivity contribution is 0.437. The van der Waals surface area contributed by atoms with Gasteiger partial charge < -0.3 is 5.32 Å². The molecule has 1 aromatic rings. The Labute approximate surface area is 88.4 Å². The standard InChI is InChI=1S/C11H14FN3/c12-10-7-14-11(15-8-10)2-1-9-3-5-13-6-4-9/h1-2,7-9,13H,3-6H2/b2-1-. The number of allylic oxidation sites excluding steroid dienone is 1. The van der Waals surface area contributed by atoms with Crippen molar-refractivity contribution in [2.45, 2.75) is 12.8 Å². The van der Waals surface area contributed by atoms with Crippen LogP contribution in [0.3, 0.4) is 0 Å². The normalized spacial score (nSPS) is 18.5. The Morgan fingerprint density at radius 3 is 2.60 bits per heavy atom. The minimum atomic E-state index is -0.394. The lowest BCUT2D eigenvalue weighted by Crippen LogP contribution is -2.26. The molecular formula is C11H14FN3. The number of nitrogens with zero attached hydrogens (tertiary/aromatic N) is 2. The molecule has 1 saturated heterocycles. The van der Waals surface area contributed by atoms with Crippen molar-refractivity contribution in [1.82, 2.24) is 15.3 Å². The molecule has 0 aliphatic carbocycles. The SMILES string of the molecule is Fc1cnc(/C=C\C2CCNCC2)nc1. The van der Waals surface area contributed by atoms with Crippen molar-refractivity contribution in [3.05, 3.63) is 30.1 Å². The topological polar surface area (TPSA) is 37.8 Å². The summed E-state index contributed by atoms with van der Waals surface area (Å²) >= 11 is 0. The Morgan fingerprint density at radius 1 is 1.27 bits per heavy atom. The van der Waals surface area contributed by atoms with Gasteiger partial charge in [0.05, 0.1) is 12.4 Å². The van der Waals surface area contributed by atoms with Crippen molar-refractivity contribution < 1.29 is 4.39 Å². The van der Waals surface area contributed by atoms with Gasteiger partial charge in [-0.1, -0.05) is 6.08 Å². The van der Waals surface area contributed by atoms with E-state index in [-0.39, 0.29) is 0 Å². The monoisotopic (exact) mass is 207 g/mol. The highest BCUT2D eigenvalue weighted by molar-refractivity contribution is 5.39. The van der Waals surface area contributed by atoms with Crippen molar-refractivity contribution in [3.63, 3.8) is 0 Å². The van der Waals surface area contributed by atoms with E-state index >= 15 is 0 Å². The summed E-state index contributed by atoms with van der Waals surface area (Å²) in [6, 6.07) is 0. The first-order valence-electron chi connectivity index (χ1n) is 5.21. The second-order valence-electron chi connectivity index (χ2n) is 3.71. The van der Waals surface area contributed by atoms with Crippen molar-refractivity contribution in [3.8, 4) is 0 Å². The van der Waals surface area contributed by atoms with Gasteiger partial charge in [-0.2, -0.15) is 0 Å². The Hall–Kier alpha value is -1.29. The van der Waals surface area contributed by atoms with Gasteiger partial charge in [0.15, 0.2) is 11.6 Å². The van der Waals surface area contributed by atoms with Gasteiger partial charge in [0.1, 0.15) is 0 Å². The first-order chi connectivity index (χ1) is 7.34. The van der Waals surface area contributed by atoms with E-state index in [9.17, 15) is 4.39 Å². The van der Waals surface area contributed by atoms with Crippen LogP contribution in [-0.2, 0) is 0 Å². The van der Waals surface area contributed by atoms with E-state index in [1.54, 1.807) is 0 Å². The first kappa shape index (κ1) is 10.2. The fourth-order valence-electron chi connectivity index (χ4n) is 1.67. The third-order valence-electron chi connectivity index (χ3n) is 2.54. The molecule has 0 atom stereocenters. The molecule has 0 aromatic carbocycles. The number of halogens is 1. The highest BCUT2D eigenvalue weighted by Crippen LogP contribution is 2.13. The predicted molar refractivity (Wildman–Crippen MR) is 56.6 cm³/mol. The second kappa shape index (κ2) is 4.98. The molecule has 1 fully saturated rings. The molecule has 80 valence electrons. The maximum absolute atomic E-state index is 12.5. The molecule has 0 unspecified atom stereocenters. The fraction of sp³-hybridized carbons (Fsp3) is 0.455. The van der Waals surface area contributed by atoms with Crippen LogP contribution in [0.4, 0.5) is 4.39 Å².